The van der Waals surface area contributed by atoms with Crippen LogP contribution in [0.1, 0.15) is 24.8 Å². The summed E-state index contributed by atoms with van der Waals surface area (Å²) in [6.07, 6.45) is 5.15. The Hall–Kier alpha value is -2.10. The van der Waals surface area contributed by atoms with Gasteiger partial charge >= 0.3 is 5.97 Å². The number of hydrogen-bond donors (Lipinski definition) is 2. The molecule has 0 spiro atoms. The van der Waals surface area contributed by atoms with Crippen LogP contribution in [0.5, 0.6) is 0 Å². The van der Waals surface area contributed by atoms with Crippen molar-refractivity contribution in [3.8, 4) is 0 Å². The Balaban J connectivity index is 1.82. The monoisotopic (exact) mass is 259 g/mol. The summed E-state index contributed by atoms with van der Waals surface area (Å²) in [6, 6.07) is 9.55. The molecule has 1 saturated carbocycles. The normalized spacial score (nSPS) is 22.5. The minimum atomic E-state index is -0.767. The fourth-order valence-corrected chi connectivity index (χ4v) is 2.32. The molecule has 19 heavy (non-hydrogen) atoms. The molecule has 0 radical (unpaired) electrons. The molecule has 2 rings (SSSR count). The number of aliphatic carboxylic acids is 1. The van der Waals surface area contributed by atoms with Crippen molar-refractivity contribution in [1.29, 1.82) is 0 Å². The Morgan fingerprint density at radius 1 is 1.21 bits per heavy atom. The molecule has 4 heteroatoms. The minimum Gasteiger partial charge on any atom is -0.481 e. The van der Waals surface area contributed by atoms with Crippen molar-refractivity contribution in [3.05, 3.63) is 42.0 Å². The molecule has 0 aliphatic heterocycles. The number of carbonyl (C=O) groups excluding carboxylic acids is 1. The van der Waals surface area contributed by atoms with Gasteiger partial charge in [0.05, 0.1) is 5.92 Å². The molecule has 0 aromatic heterocycles. The third-order valence-corrected chi connectivity index (χ3v) is 3.35. The van der Waals surface area contributed by atoms with Crippen molar-refractivity contribution in [2.75, 3.05) is 0 Å². The topological polar surface area (TPSA) is 66.4 Å². The largest absolute Gasteiger partial charge is 0.481 e. The highest BCUT2D eigenvalue weighted by atomic mass is 16.4. The maximum Gasteiger partial charge on any atom is 0.306 e. The van der Waals surface area contributed by atoms with Gasteiger partial charge in [0.15, 0.2) is 0 Å². The highest BCUT2D eigenvalue weighted by Crippen LogP contribution is 2.25. The van der Waals surface area contributed by atoms with E-state index < -0.39 is 5.97 Å². The number of carbonyl (C=O) groups is 2. The summed E-state index contributed by atoms with van der Waals surface area (Å²) in [7, 11) is 0. The fraction of sp³-hybridized carbons (Fsp3) is 0.333. The number of hydrogen-bond acceptors (Lipinski definition) is 2. The van der Waals surface area contributed by atoms with Crippen LogP contribution in [-0.4, -0.2) is 23.0 Å². The Bertz CT molecular complexity index is 481. The standard InChI is InChI=1S/C15H17NO3/c17-14(9-6-11-4-2-1-3-5-11)16-13-8-7-12(10-13)15(18)19/h1-6,9,12-13H,7-8,10H2,(H,16,17)(H,18,19). The van der Waals surface area contributed by atoms with Gasteiger partial charge in [0, 0.05) is 12.1 Å². The molecule has 0 heterocycles. The highest BCUT2D eigenvalue weighted by Gasteiger charge is 2.30. The molecule has 1 aliphatic carbocycles. The van der Waals surface area contributed by atoms with Gasteiger partial charge in [-0.2, -0.15) is 0 Å². The number of nitrogens with one attached hydrogen (secondary N) is 1. The van der Waals surface area contributed by atoms with Gasteiger partial charge in [-0.15, -0.1) is 0 Å². The lowest BCUT2D eigenvalue weighted by molar-refractivity contribution is -0.141. The summed E-state index contributed by atoms with van der Waals surface area (Å²) >= 11 is 0. The Morgan fingerprint density at radius 3 is 2.58 bits per heavy atom. The molecule has 2 unspecified atom stereocenters. The molecule has 2 atom stereocenters. The number of carboxylic acid groups (broad SMARTS) is 1. The van der Waals surface area contributed by atoms with E-state index in [1.165, 1.54) is 6.08 Å². The average molecular weight is 259 g/mol. The zero-order valence-corrected chi connectivity index (χ0v) is 10.6. The average Bonchev–Trinajstić information content (AvgIpc) is 2.86. The van der Waals surface area contributed by atoms with Crippen LogP contribution in [0.3, 0.4) is 0 Å². The molecule has 1 aromatic rings. The van der Waals surface area contributed by atoms with E-state index in [0.717, 1.165) is 12.0 Å². The van der Waals surface area contributed by atoms with Crippen LogP contribution in [0.2, 0.25) is 0 Å². The fourth-order valence-electron chi connectivity index (χ4n) is 2.32. The first-order valence-corrected chi connectivity index (χ1v) is 6.41. The zero-order valence-electron chi connectivity index (χ0n) is 10.6. The van der Waals surface area contributed by atoms with Crippen molar-refractivity contribution in [1.82, 2.24) is 5.32 Å². The second-order valence-corrected chi connectivity index (χ2v) is 4.80. The first-order valence-electron chi connectivity index (χ1n) is 6.41. The molecule has 4 nitrogen and oxygen atoms in total. The van der Waals surface area contributed by atoms with Crippen LogP contribution in [0, 0.1) is 5.92 Å². The molecule has 1 fully saturated rings. The number of carboxylic acids is 1. The SMILES string of the molecule is O=C(C=Cc1ccccc1)NC1CCC(C(=O)O)C1. The van der Waals surface area contributed by atoms with Crippen molar-refractivity contribution >= 4 is 18.0 Å². The molecule has 1 aromatic carbocycles. The van der Waals surface area contributed by atoms with Crippen molar-refractivity contribution in [2.24, 2.45) is 5.92 Å². The summed E-state index contributed by atoms with van der Waals surface area (Å²) in [4.78, 5) is 22.5. The van der Waals surface area contributed by atoms with Crippen molar-refractivity contribution in [2.45, 2.75) is 25.3 Å². The van der Waals surface area contributed by atoms with E-state index in [4.69, 9.17) is 5.11 Å². The summed E-state index contributed by atoms with van der Waals surface area (Å²) in [5.41, 5.74) is 0.965. The molecule has 2 N–H and O–H groups in total. The molecule has 1 amide bonds. The summed E-state index contributed by atoms with van der Waals surface area (Å²) in [5.74, 6) is -1.25. The molecular formula is C15H17NO3. The van der Waals surface area contributed by atoms with Crippen LogP contribution in [-0.2, 0) is 9.59 Å². The Labute approximate surface area is 112 Å². The van der Waals surface area contributed by atoms with E-state index in [-0.39, 0.29) is 17.9 Å². The van der Waals surface area contributed by atoms with Crippen LogP contribution in [0.25, 0.3) is 6.08 Å². The summed E-state index contributed by atoms with van der Waals surface area (Å²) in [6.45, 7) is 0. The zero-order chi connectivity index (χ0) is 13.7. The van der Waals surface area contributed by atoms with Gasteiger partial charge in [-0.1, -0.05) is 30.3 Å². The van der Waals surface area contributed by atoms with Gasteiger partial charge in [0.2, 0.25) is 5.91 Å². The lowest BCUT2D eigenvalue weighted by Crippen LogP contribution is -2.31. The van der Waals surface area contributed by atoms with Gasteiger partial charge in [0.25, 0.3) is 0 Å². The number of amides is 1. The maximum absolute atomic E-state index is 11.7. The lowest BCUT2D eigenvalue weighted by atomic mass is 10.1. The van der Waals surface area contributed by atoms with Crippen molar-refractivity contribution < 1.29 is 14.7 Å². The smallest absolute Gasteiger partial charge is 0.306 e. The van der Waals surface area contributed by atoms with E-state index in [1.54, 1.807) is 6.08 Å². The molecular weight excluding hydrogens is 242 g/mol. The van der Waals surface area contributed by atoms with Gasteiger partial charge in [-0.25, -0.2) is 0 Å². The number of rotatable bonds is 4. The first-order chi connectivity index (χ1) is 9.15. The molecule has 100 valence electrons. The second-order valence-electron chi connectivity index (χ2n) is 4.80. The lowest BCUT2D eigenvalue weighted by Gasteiger charge is -2.10. The van der Waals surface area contributed by atoms with E-state index in [2.05, 4.69) is 5.32 Å². The predicted molar refractivity (Wildman–Crippen MR) is 72.4 cm³/mol. The Morgan fingerprint density at radius 2 is 1.95 bits per heavy atom. The van der Waals surface area contributed by atoms with Crippen molar-refractivity contribution in [3.63, 3.8) is 0 Å². The van der Waals surface area contributed by atoms with Gasteiger partial charge < -0.3 is 10.4 Å². The molecule has 1 aliphatic rings. The van der Waals surface area contributed by atoms with Crippen LogP contribution >= 0.6 is 0 Å². The second kappa shape index (κ2) is 6.18. The van der Waals surface area contributed by atoms with E-state index in [1.807, 2.05) is 30.3 Å². The Kier molecular flexibility index (Phi) is 4.34. The molecule has 0 bridgehead atoms. The van der Waals surface area contributed by atoms with E-state index in [9.17, 15) is 9.59 Å². The quantitative estimate of drug-likeness (QED) is 0.813. The van der Waals surface area contributed by atoms with Crippen LogP contribution in [0.4, 0.5) is 0 Å². The van der Waals surface area contributed by atoms with Gasteiger partial charge in [-0.05, 0) is 30.9 Å². The molecule has 0 saturated heterocycles. The van der Waals surface area contributed by atoms with Gasteiger partial charge in [-0.3, -0.25) is 9.59 Å². The van der Waals surface area contributed by atoms with E-state index in [0.29, 0.717) is 12.8 Å². The van der Waals surface area contributed by atoms with E-state index >= 15 is 0 Å². The highest BCUT2D eigenvalue weighted by molar-refractivity contribution is 5.92. The first kappa shape index (κ1) is 13.3. The third-order valence-electron chi connectivity index (χ3n) is 3.35. The number of benzene rings is 1. The third kappa shape index (κ3) is 3.95. The summed E-state index contributed by atoms with van der Waals surface area (Å²) < 4.78 is 0. The van der Waals surface area contributed by atoms with Gasteiger partial charge in [0.1, 0.15) is 0 Å². The summed E-state index contributed by atoms with van der Waals surface area (Å²) in [5, 5.41) is 11.7. The van der Waals surface area contributed by atoms with Crippen LogP contribution < -0.4 is 5.32 Å². The van der Waals surface area contributed by atoms with Crippen LogP contribution in [0.15, 0.2) is 36.4 Å². The maximum atomic E-state index is 11.7. The predicted octanol–water partition coefficient (Wildman–Crippen LogP) is 2.07. The minimum absolute atomic E-state index is 0.0194.